The molecule has 110 valence electrons. The molecule has 0 heterocycles. The SMILES string of the molecule is CCOc1cccc(NC2(C(F)(F)F)CC2)c1[N+](=O)[O-]. The molecular formula is C12H13F3N2O3. The molecule has 1 N–H and O–H groups in total. The largest absolute Gasteiger partial charge is 0.487 e. The van der Waals surface area contributed by atoms with Crippen LogP contribution >= 0.6 is 0 Å². The van der Waals surface area contributed by atoms with Crippen molar-refractivity contribution in [3.8, 4) is 5.75 Å². The Morgan fingerprint density at radius 1 is 1.45 bits per heavy atom. The highest BCUT2D eigenvalue weighted by Gasteiger charge is 2.64. The van der Waals surface area contributed by atoms with Gasteiger partial charge in [0.05, 0.1) is 11.5 Å². The molecule has 1 fully saturated rings. The van der Waals surface area contributed by atoms with E-state index in [1.807, 2.05) is 0 Å². The summed E-state index contributed by atoms with van der Waals surface area (Å²) >= 11 is 0. The first-order valence-corrected chi connectivity index (χ1v) is 6.06. The van der Waals surface area contributed by atoms with Crippen molar-refractivity contribution in [2.45, 2.75) is 31.5 Å². The predicted octanol–water partition coefficient (Wildman–Crippen LogP) is 3.50. The summed E-state index contributed by atoms with van der Waals surface area (Å²) in [6.45, 7) is 1.83. The number of hydrogen-bond acceptors (Lipinski definition) is 4. The Morgan fingerprint density at radius 3 is 2.55 bits per heavy atom. The highest BCUT2D eigenvalue weighted by atomic mass is 19.4. The zero-order chi connectivity index (χ0) is 15.0. The summed E-state index contributed by atoms with van der Waals surface area (Å²) < 4.78 is 43.8. The Labute approximate surface area is 112 Å². The van der Waals surface area contributed by atoms with Gasteiger partial charge in [-0.3, -0.25) is 10.1 Å². The molecule has 1 aliphatic carbocycles. The summed E-state index contributed by atoms with van der Waals surface area (Å²) in [6, 6.07) is 4.04. The first-order valence-electron chi connectivity index (χ1n) is 6.06. The second kappa shape index (κ2) is 4.84. The Morgan fingerprint density at radius 2 is 2.10 bits per heavy atom. The van der Waals surface area contributed by atoms with Crippen molar-refractivity contribution in [2.75, 3.05) is 11.9 Å². The van der Waals surface area contributed by atoms with Gasteiger partial charge in [0, 0.05) is 0 Å². The van der Waals surface area contributed by atoms with Gasteiger partial charge >= 0.3 is 11.9 Å². The molecule has 0 spiro atoms. The van der Waals surface area contributed by atoms with Crippen LogP contribution in [-0.2, 0) is 0 Å². The van der Waals surface area contributed by atoms with E-state index in [4.69, 9.17) is 4.74 Å². The van der Waals surface area contributed by atoms with Gasteiger partial charge in [0.1, 0.15) is 11.2 Å². The van der Waals surface area contributed by atoms with Crippen LogP contribution in [0.1, 0.15) is 19.8 Å². The summed E-state index contributed by atoms with van der Waals surface area (Å²) in [7, 11) is 0. The molecule has 1 saturated carbocycles. The van der Waals surface area contributed by atoms with E-state index >= 15 is 0 Å². The number of benzene rings is 1. The summed E-state index contributed by atoms with van der Waals surface area (Å²) in [4.78, 5) is 10.3. The fraction of sp³-hybridized carbons (Fsp3) is 0.500. The van der Waals surface area contributed by atoms with Crippen molar-refractivity contribution in [3.05, 3.63) is 28.3 Å². The Bertz CT molecular complexity index is 527. The minimum atomic E-state index is -4.44. The lowest BCUT2D eigenvalue weighted by Gasteiger charge is -2.22. The van der Waals surface area contributed by atoms with Gasteiger partial charge in [-0.15, -0.1) is 0 Å². The van der Waals surface area contributed by atoms with Gasteiger partial charge in [-0.05, 0) is 31.9 Å². The van der Waals surface area contributed by atoms with Crippen LogP contribution in [0.2, 0.25) is 0 Å². The van der Waals surface area contributed by atoms with Gasteiger partial charge < -0.3 is 10.1 Å². The summed E-state index contributed by atoms with van der Waals surface area (Å²) in [5.74, 6) is -0.0412. The Hall–Kier alpha value is -1.99. The fourth-order valence-corrected chi connectivity index (χ4v) is 1.95. The molecule has 0 atom stereocenters. The van der Waals surface area contributed by atoms with Gasteiger partial charge in [0.15, 0.2) is 5.75 Å². The molecule has 0 radical (unpaired) electrons. The van der Waals surface area contributed by atoms with Crippen LogP contribution in [0.5, 0.6) is 5.75 Å². The number of nitrogens with zero attached hydrogens (tertiary/aromatic N) is 1. The lowest BCUT2D eigenvalue weighted by atomic mass is 10.2. The van der Waals surface area contributed by atoms with Crippen molar-refractivity contribution in [1.29, 1.82) is 0 Å². The molecular weight excluding hydrogens is 277 g/mol. The maximum Gasteiger partial charge on any atom is 0.411 e. The van der Waals surface area contributed by atoms with E-state index in [9.17, 15) is 23.3 Å². The topological polar surface area (TPSA) is 64.4 Å². The monoisotopic (exact) mass is 290 g/mol. The average Bonchev–Trinajstić information content (AvgIpc) is 3.09. The van der Waals surface area contributed by atoms with E-state index in [2.05, 4.69) is 5.32 Å². The van der Waals surface area contributed by atoms with Crippen LogP contribution in [0.25, 0.3) is 0 Å². The summed E-state index contributed by atoms with van der Waals surface area (Å²) in [5.41, 5.74) is -2.69. The van der Waals surface area contributed by atoms with Crippen molar-refractivity contribution in [2.24, 2.45) is 0 Å². The molecule has 20 heavy (non-hydrogen) atoms. The maximum atomic E-state index is 12.9. The summed E-state index contributed by atoms with van der Waals surface area (Å²) in [6.07, 6.45) is -4.62. The number of para-hydroxylation sites is 1. The lowest BCUT2D eigenvalue weighted by Crippen LogP contribution is -2.38. The number of halogens is 3. The molecule has 0 saturated heterocycles. The van der Waals surface area contributed by atoms with Crippen molar-refractivity contribution in [3.63, 3.8) is 0 Å². The first-order chi connectivity index (χ1) is 9.31. The van der Waals surface area contributed by atoms with Crippen LogP contribution < -0.4 is 10.1 Å². The van der Waals surface area contributed by atoms with Crippen molar-refractivity contribution >= 4 is 11.4 Å². The van der Waals surface area contributed by atoms with E-state index in [-0.39, 0.29) is 30.9 Å². The van der Waals surface area contributed by atoms with Crippen LogP contribution in [-0.4, -0.2) is 23.2 Å². The van der Waals surface area contributed by atoms with Crippen LogP contribution in [0.15, 0.2) is 18.2 Å². The second-order valence-electron chi connectivity index (χ2n) is 4.55. The van der Waals surface area contributed by atoms with Crippen LogP contribution in [0, 0.1) is 10.1 Å². The van der Waals surface area contributed by atoms with E-state index < -0.39 is 22.3 Å². The number of rotatable bonds is 5. The third-order valence-electron chi connectivity index (χ3n) is 3.15. The predicted molar refractivity (Wildman–Crippen MR) is 65.9 cm³/mol. The van der Waals surface area contributed by atoms with E-state index in [0.717, 1.165) is 0 Å². The third kappa shape index (κ3) is 2.50. The maximum absolute atomic E-state index is 12.9. The third-order valence-corrected chi connectivity index (χ3v) is 3.15. The molecule has 5 nitrogen and oxygen atoms in total. The zero-order valence-corrected chi connectivity index (χ0v) is 10.7. The van der Waals surface area contributed by atoms with E-state index in [1.54, 1.807) is 6.92 Å². The molecule has 0 aliphatic heterocycles. The molecule has 0 aromatic heterocycles. The minimum absolute atomic E-state index is 0.0412. The van der Waals surface area contributed by atoms with Gasteiger partial charge in [-0.1, -0.05) is 6.07 Å². The smallest absolute Gasteiger partial charge is 0.411 e. The Balaban J connectivity index is 2.37. The van der Waals surface area contributed by atoms with Gasteiger partial charge in [-0.25, -0.2) is 0 Å². The van der Waals surface area contributed by atoms with Crippen molar-refractivity contribution < 1.29 is 22.8 Å². The molecule has 2 rings (SSSR count). The number of alkyl halides is 3. The van der Waals surface area contributed by atoms with E-state index in [1.165, 1.54) is 18.2 Å². The number of ether oxygens (including phenoxy) is 1. The Kier molecular flexibility index (Phi) is 3.49. The molecule has 8 heteroatoms. The molecule has 1 aliphatic rings. The zero-order valence-electron chi connectivity index (χ0n) is 10.7. The normalized spacial score (nSPS) is 16.6. The number of hydrogen-bond donors (Lipinski definition) is 1. The number of nitrogens with one attached hydrogen (secondary N) is 1. The molecule has 0 bridgehead atoms. The molecule has 1 aromatic carbocycles. The summed E-state index contributed by atoms with van der Waals surface area (Å²) in [5, 5.41) is 13.3. The van der Waals surface area contributed by atoms with Crippen LogP contribution in [0.3, 0.4) is 0 Å². The van der Waals surface area contributed by atoms with Gasteiger partial charge in [-0.2, -0.15) is 13.2 Å². The quantitative estimate of drug-likeness (QED) is 0.666. The lowest BCUT2D eigenvalue weighted by molar-refractivity contribution is -0.385. The molecule has 1 aromatic rings. The molecule has 0 unspecified atom stereocenters. The molecule has 0 amide bonds. The second-order valence-corrected chi connectivity index (χ2v) is 4.55. The highest BCUT2D eigenvalue weighted by molar-refractivity contribution is 5.70. The number of anilines is 1. The van der Waals surface area contributed by atoms with Crippen molar-refractivity contribution in [1.82, 2.24) is 0 Å². The number of nitro groups is 1. The minimum Gasteiger partial charge on any atom is -0.487 e. The number of nitro benzene ring substituents is 1. The average molecular weight is 290 g/mol. The van der Waals surface area contributed by atoms with Gasteiger partial charge in [0.2, 0.25) is 0 Å². The first kappa shape index (κ1) is 14.4. The standard InChI is InChI=1S/C12H13F3N2O3/c1-2-20-9-5-3-4-8(10(9)17(18)19)16-11(6-7-11)12(13,14)15/h3-5,16H,2,6-7H2,1H3. The van der Waals surface area contributed by atoms with E-state index in [0.29, 0.717) is 0 Å². The van der Waals surface area contributed by atoms with Gasteiger partial charge in [0.25, 0.3) is 0 Å². The highest BCUT2D eigenvalue weighted by Crippen LogP contribution is 2.52. The van der Waals surface area contributed by atoms with Crippen LogP contribution in [0.4, 0.5) is 24.5 Å². The fourth-order valence-electron chi connectivity index (χ4n) is 1.95.